The molecule has 0 aliphatic heterocycles. The van der Waals surface area contributed by atoms with E-state index in [9.17, 15) is 19.5 Å². The fraction of sp³-hybridized carbons (Fsp3) is 0.672. The molecule has 9 heteroatoms. The van der Waals surface area contributed by atoms with E-state index in [4.69, 9.17) is 18.9 Å². The van der Waals surface area contributed by atoms with Gasteiger partial charge in [0.25, 0.3) is 6.29 Å². The van der Waals surface area contributed by atoms with Gasteiger partial charge in [0, 0.05) is 12.8 Å². The summed E-state index contributed by atoms with van der Waals surface area (Å²) in [6, 6.07) is 0. The maximum absolute atomic E-state index is 12.8. The summed E-state index contributed by atoms with van der Waals surface area (Å²) in [5.74, 6) is -2.02. The summed E-state index contributed by atoms with van der Waals surface area (Å²) in [5, 5.41) is 9.66. The van der Waals surface area contributed by atoms with Crippen LogP contribution in [-0.4, -0.2) is 87.4 Å². The van der Waals surface area contributed by atoms with Gasteiger partial charge in [-0.05, 0) is 83.5 Å². The van der Waals surface area contributed by atoms with Crippen molar-refractivity contribution in [1.29, 1.82) is 0 Å². The molecule has 0 spiro atoms. The van der Waals surface area contributed by atoms with Gasteiger partial charge < -0.3 is 28.5 Å². The number of esters is 2. The van der Waals surface area contributed by atoms with Crippen molar-refractivity contribution in [3.8, 4) is 0 Å². The summed E-state index contributed by atoms with van der Waals surface area (Å²) in [7, 11) is 5.95. The number of carbonyl (C=O) groups excluding carboxylic acids is 2. The second-order valence-corrected chi connectivity index (χ2v) is 20.2. The van der Waals surface area contributed by atoms with Crippen molar-refractivity contribution < 1.29 is 42.9 Å². The van der Waals surface area contributed by atoms with E-state index in [2.05, 4.69) is 123 Å². The lowest BCUT2D eigenvalue weighted by atomic mass is 10.0. The first kappa shape index (κ1) is 69.0. The Morgan fingerprint density at radius 2 is 0.781 bits per heavy atom. The Morgan fingerprint density at radius 3 is 1.16 bits per heavy atom. The Kier molecular flexibility index (Phi) is 51.2. The normalized spacial score (nSPS) is 13.6. The topological polar surface area (TPSA) is 108 Å². The Hall–Kier alpha value is -4.05. The van der Waals surface area contributed by atoms with Gasteiger partial charge in [0.05, 0.1) is 34.4 Å². The number of nitrogens with zero attached hydrogens (tertiary/aromatic N) is 1. The number of unbranched alkanes of at least 4 members (excludes halogenated alkanes) is 19. The molecule has 0 aliphatic rings. The third-order valence-electron chi connectivity index (χ3n) is 12.0. The lowest BCUT2D eigenvalue weighted by Crippen LogP contribution is -2.40. The van der Waals surface area contributed by atoms with E-state index in [1.165, 1.54) is 83.5 Å². The first-order valence-corrected chi connectivity index (χ1v) is 29.1. The zero-order valence-electron chi connectivity index (χ0n) is 47.3. The number of allylic oxidation sites excluding steroid dienone is 18. The maximum atomic E-state index is 12.8. The number of rotatable bonds is 52. The third-order valence-corrected chi connectivity index (χ3v) is 12.0. The molecule has 0 heterocycles. The fourth-order valence-corrected chi connectivity index (χ4v) is 7.59. The molecule has 0 rings (SSSR count). The monoisotopic (exact) mass is 1020 g/mol. The van der Waals surface area contributed by atoms with Crippen molar-refractivity contribution in [2.75, 3.05) is 47.5 Å². The van der Waals surface area contributed by atoms with Crippen LogP contribution in [0.1, 0.15) is 219 Å². The molecular formula is C64H108NO8+. The van der Waals surface area contributed by atoms with Crippen molar-refractivity contribution in [2.24, 2.45) is 0 Å². The smallest absolute Gasteiger partial charge is 0.361 e. The van der Waals surface area contributed by atoms with E-state index < -0.39 is 24.3 Å². The standard InChI is InChI=1S/C64H107NO8/c1-6-8-10-12-14-16-17-18-19-20-21-22-23-24-25-26-27-28-29-30-31-32-33-34-35-36-37-38-39-40-41-42-43-44-45-47-49-51-53-55-62(67)73-60(59-72-64(63(68)69)70-57-56-65(3,4)5)58-71-61(66)54-52-50-48-46-15-13-11-9-7-2/h8,10,14,16,18-19,21-22,24-25,27-28,30-31,33-34,36-37,60,64H,6-7,9,11-13,15,17,20,23,26,29,32,35,38-59H2,1-5H3/p+1/b10-8-,16-14-,19-18-,22-21-,25-24-,28-27-,31-30-,34-33-,37-36-. The number of hydrogen-bond acceptors (Lipinski definition) is 7. The van der Waals surface area contributed by atoms with Crippen LogP contribution in [0.2, 0.25) is 0 Å². The van der Waals surface area contributed by atoms with E-state index >= 15 is 0 Å². The van der Waals surface area contributed by atoms with E-state index in [-0.39, 0.29) is 32.2 Å². The number of carboxylic acids is 1. The molecule has 0 aromatic heterocycles. The summed E-state index contributed by atoms with van der Waals surface area (Å²) in [6.07, 6.45) is 71.9. The van der Waals surface area contributed by atoms with Crippen molar-refractivity contribution >= 4 is 17.9 Å². The zero-order valence-corrected chi connectivity index (χ0v) is 47.3. The van der Waals surface area contributed by atoms with E-state index in [0.29, 0.717) is 23.9 Å². The highest BCUT2D eigenvalue weighted by Crippen LogP contribution is 2.15. The van der Waals surface area contributed by atoms with Crippen LogP contribution in [0.5, 0.6) is 0 Å². The second-order valence-electron chi connectivity index (χ2n) is 20.2. The van der Waals surface area contributed by atoms with Crippen LogP contribution >= 0.6 is 0 Å². The molecule has 1 N–H and O–H groups in total. The Bertz CT molecular complexity index is 1560. The van der Waals surface area contributed by atoms with Crippen LogP contribution < -0.4 is 0 Å². The zero-order chi connectivity index (χ0) is 53.4. The lowest BCUT2D eigenvalue weighted by Gasteiger charge is -2.25. The molecule has 2 unspecified atom stereocenters. The SMILES string of the molecule is CC/C=C\C/C=C\C/C=C\C/C=C\C/C=C\C/C=C\C/C=C\C/C=C\C/C=C\CCCCCCCCCCCCCC(=O)OC(COC(=O)CCCCCCCCCCC)COC(OCC[N+](C)(C)C)C(=O)O. The second kappa shape index (κ2) is 54.2. The van der Waals surface area contributed by atoms with Gasteiger partial charge in [-0.25, -0.2) is 4.79 Å². The summed E-state index contributed by atoms with van der Waals surface area (Å²) < 4.78 is 22.8. The summed E-state index contributed by atoms with van der Waals surface area (Å²) in [6.45, 7) is 4.72. The number of ether oxygens (including phenoxy) is 4. The number of hydrogen-bond donors (Lipinski definition) is 1. The minimum Gasteiger partial charge on any atom is -0.477 e. The van der Waals surface area contributed by atoms with Crippen LogP contribution in [0, 0.1) is 0 Å². The molecule has 73 heavy (non-hydrogen) atoms. The van der Waals surface area contributed by atoms with Gasteiger partial charge in [-0.3, -0.25) is 9.59 Å². The molecule has 0 saturated heterocycles. The molecule has 0 saturated carbocycles. The maximum Gasteiger partial charge on any atom is 0.361 e. The van der Waals surface area contributed by atoms with Crippen molar-refractivity contribution in [3.63, 3.8) is 0 Å². The molecular weight excluding hydrogens is 911 g/mol. The molecule has 0 aromatic carbocycles. The number of aliphatic carboxylic acids is 1. The molecule has 0 aliphatic carbocycles. The predicted octanol–water partition coefficient (Wildman–Crippen LogP) is 17.1. The number of quaternary nitrogens is 1. The van der Waals surface area contributed by atoms with Crippen LogP contribution in [0.4, 0.5) is 0 Å². The molecule has 416 valence electrons. The average molecular weight is 1020 g/mol. The van der Waals surface area contributed by atoms with Crippen LogP contribution in [0.3, 0.4) is 0 Å². The predicted molar refractivity (Wildman–Crippen MR) is 308 cm³/mol. The number of carboxylic acid groups (broad SMARTS) is 1. The molecule has 0 bridgehead atoms. The highest BCUT2D eigenvalue weighted by Gasteiger charge is 2.25. The van der Waals surface area contributed by atoms with Gasteiger partial charge in [0.2, 0.25) is 0 Å². The van der Waals surface area contributed by atoms with Gasteiger partial charge in [0.1, 0.15) is 13.2 Å². The molecule has 0 radical (unpaired) electrons. The molecule has 0 amide bonds. The van der Waals surface area contributed by atoms with E-state index in [1.807, 2.05) is 21.1 Å². The fourth-order valence-electron chi connectivity index (χ4n) is 7.59. The van der Waals surface area contributed by atoms with Crippen molar-refractivity contribution in [3.05, 3.63) is 109 Å². The summed E-state index contributed by atoms with van der Waals surface area (Å²) in [4.78, 5) is 37.2. The largest absolute Gasteiger partial charge is 0.477 e. The number of likely N-dealkylation sites (N-methyl/N-ethyl adjacent to an activating group) is 1. The van der Waals surface area contributed by atoms with Crippen LogP contribution in [0.25, 0.3) is 0 Å². The highest BCUT2D eigenvalue weighted by molar-refractivity contribution is 5.71. The number of carbonyl (C=O) groups is 3. The van der Waals surface area contributed by atoms with Crippen LogP contribution in [-0.2, 0) is 33.3 Å². The lowest BCUT2D eigenvalue weighted by molar-refractivity contribution is -0.870. The van der Waals surface area contributed by atoms with Gasteiger partial charge >= 0.3 is 17.9 Å². The van der Waals surface area contributed by atoms with Gasteiger partial charge in [0.15, 0.2) is 6.10 Å². The van der Waals surface area contributed by atoms with Gasteiger partial charge in [-0.15, -0.1) is 0 Å². The Labute approximate surface area is 447 Å². The Morgan fingerprint density at radius 1 is 0.425 bits per heavy atom. The first-order chi connectivity index (χ1) is 35.6. The van der Waals surface area contributed by atoms with Crippen molar-refractivity contribution in [1.82, 2.24) is 0 Å². The summed E-state index contributed by atoms with van der Waals surface area (Å²) in [5.41, 5.74) is 0. The van der Waals surface area contributed by atoms with Gasteiger partial charge in [-0.2, -0.15) is 0 Å². The minimum absolute atomic E-state index is 0.184. The van der Waals surface area contributed by atoms with E-state index in [0.717, 1.165) is 103 Å². The summed E-state index contributed by atoms with van der Waals surface area (Å²) >= 11 is 0. The quantitative estimate of drug-likeness (QED) is 0.0211. The molecule has 2 atom stereocenters. The Balaban J connectivity index is 4.07. The molecule has 0 fully saturated rings. The third kappa shape index (κ3) is 55.5. The first-order valence-electron chi connectivity index (χ1n) is 29.1. The highest BCUT2D eigenvalue weighted by atomic mass is 16.7. The van der Waals surface area contributed by atoms with E-state index in [1.54, 1.807) is 0 Å². The minimum atomic E-state index is -1.51. The molecule has 0 aromatic rings. The van der Waals surface area contributed by atoms with Gasteiger partial charge in [-0.1, -0.05) is 232 Å². The molecule has 9 nitrogen and oxygen atoms in total. The average Bonchev–Trinajstić information content (AvgIpc) is 3.36. The van der Waals surface area contributed by atoms with Crippen LogP contribution in [0.15, 0.2) is 109 Å². The van der Waals surface area contributed by atoms with Crippen molar-refractivity contribution in [2.45, 2.75) is 232 Å².